The Bertz CT molecular complexity index is 1150. The summed E-state index contributed by atoms with van der Waals surface area (Å²) in [5, 5.41) is 12.4. The molecule has 31 heavy (non-hydrogen) atoms. The molecule has 1 aromatic carbocycles. The van der Waals surface area contributed by atoms with Crippen molar-refractivity contribution >= 4 is 17.7 Å². The Kier molecular flexibility index (Phi) is 5.38. The number of ether oxygens (including phenoxy) is 1. The van der Waals surface area contributed by atoms with Gasteiger partial charge in [0.2, 0.25) is 0 Å². The number of nitriles is 1. The van der Waals surface area contributed by atoms with Crippen LogP contribution in [0.4, 0.5) is 5.82 Å². The quantitative estimate of drug-likeness (QED) is 0.589. The zero-order valence-corrected chi connectivity index (χ0v) is 17.5. The number of nitrogens with zero attached hydrogens (tertiary/aromatic N) is 2. The number of aromatic nitrogens is 1. The number of rotatable bonds is 7. The van der Waals surface area contributed by atoms with Gasteiger partial charge in [-0.15, -0.1) is 0 Å². The zero-order chi connectivity index (χ0) is 22.0. The topological polar surface area (TPSA) is 97.3 Å². The molecule has 158 valence electrons. The molecule has 1 N–H and O–H groups in total. The number of benzene rings is 1. The van der Waals surface area contributed by atoms with Gasteiger partial charge in [0.1, 0.15) is 17.6 Å². The fourth-order valence-electron chi connectivity index (χ4n) is 3.82. The van der Waals surface area contributed by atoms with Gasteiger partial charge in [-0.2, -0.15) is 5.26 Å². The third kappa shape index (κ3) is 3.84. The van der Waals surface area contributed by atoms with E-state index in [9.17, 15) is 14.9 Å². The summed E-state index contributed by atoms with van der Waals surface area (Å²) in [7, 11) is 0. The number of hydrogen-bond donors (Lipinski definition) is 1. The molecule has 0 radical (unpaired) electrons. The fourth-order valence-corrected chi connectivity index (χ4v) is 3.82. The molecule has 0 aliphatic heterocycles. The second kappa shape index (κ2) is 8.15. The van der Waals surface area contributed by atoms with E-state index in [0.717, 1.165) is 16.8 Å². The summed E-state index contributed by atoms with van der Waals surface area (Å²) in [5.74, 6) is 0.182. The molecule has 7 heteroatoms. The second-order valence-corrected chi connectivity index (χ2v) is 7.78. The van der Waals surface area contributed by atoms with Crippen molar-refractivity contribution < 1.29 is 18.7 Å². The van der Waals surface area contributed by atoms with Crippen LogP contribution in [0.15, 0.2) is 53.1 Å². The summed E-state index contributed by atoms with van der Waals surface area (Å²) < 4.78 is 12.6. The Balaban J connectivity index is 1.47. The van der Waals surface area contributed by atoms with Gasteiger partial charge in [-0.1, -0.05) is 30.3 Å². The first-order chi connectivity index (χ1) is 15.0. The van der Waals surface area contributed by atoms with Crippen molar-refractivity contribution in [2.45, 2.75) is 38.6 Å². The van der Waals surface area contributed by atoms with Crippen LogP contribution in [-0.2, 0) is 26.3 Å². The summed E-state index contributed by atoms with van der Waals surface area (Å²) in [6.45, 7) is 3.67. The summed E-state index contributed by atoms with van der Waals surface area (Å²) in [4.78, 5) is 25.3. The van der Waals surface area contributed by atoms with Gasteiger partial charge in [-0.3, -0.25) is 9.59 Å². The molecule has 1 fully saturated rings. The normalized spacial score (nSPS) is 14.0. The van der Waals surface area contributed by atoms with Crippen molar-refractivity contribution in [1.29, 1.82) is 5.26 Å². The van der Waals surface area contributed by atoms with Crippen molar-refractivity contribution in [3.05, 3.63) is 76.9 Å². The van der Waals surface area contributed by atoms with Gasteiger partial charge in [0.15, 0.2) is 6.61 Å². The molecule has 0 unspecified atom stereocenters. The summed E-state index contributed by atoms with van der Waals surface area (Å²) in [6.07, 6.45) is 2.99. The highest BCUT2D eigenvalue weighted by Crippen LogP contribution is 2.49. The summed E-state index contributed by atoms with van der Waals surface area (Å²) in [6, 6.07) is 15.2. The largest absolute Gasteiger partial charge is 0.467 e. The summed E-state index contributed by atoms with van der Waals surface area (Å²) in [5.41, 5.74) is 2.27. The number of amides is 1. The maximum absolute atomic E-state index is 12.7. The molecule has 1 saturated carbocycles. The van der Waals surface area contributed by atoms with E-state index < -0.39 is 23.9 Å². The predicted octanol–water partition coefficient (Wildman–Crippen LogP) is 3.83. The van der Waals surface area contributed by atoms with Crippen molar-refractivity contribution in [3.63, 3.8) is 0 Å². The first kappa shape index (κ1) is 20.5. The first-order valence-corrected chi connectivity index (χ1v) is 10.1. The Labute approximate surface area is 180 Å². The number of carbonyl (C=O) groups is 2. The van der Waals surface area contributed by atoms with Crippen LogP contribution in [0.25, 0.3) is 0 Å². The van der Waals surface area contributed by atoms with Gasteiger partial charge >= 0.3 is 5.97 Å². The van der Waals surface area contributed by atoms with E-state index in [-0.39, 0.29) is 0 Å². The highest BCUT2D eigenvalue weighted by Gasteiger charge is 2.52. The van der Waals surface area contributed by atoms with Crippen LogP contribution in [0, 0.1) is 25.2 Å². The van der Waals surface area contributed by atoms with Crippen molar-refractivity contribution in [2.24, 2.45) is 0 Å². The van der Waals surface area contributed by atoms with Crippen molar-refractivity contribution in [2.75, 3.05) is 11.9 Å². The predicted molar refractivity (Wildman–Crippen MR) is 113 cm³/mol. The molecule has 1 aliphatic rings. The maximum Gasteiger partial charge on any atom is 0.317 e. The van der Waals surface area contributed by atoms with Crippen LogP contribution in [0.3, 0.4) is 0 Å². The first-order valence-electron chi connectivity index (χ1n) is 10.1. The van der Waals surface area contributed by atoms with Crippen LogP contribution >= 0.6 is 0 Å². The molecule has 2 aromatic heterocycles. The molecular formula is C24H23N3O4. The van der Waals surface area contributed by atoms with E-state index in [1.165, 1.54) is 0 Å². The van der Waals surface area contributed by atoms with Crippen molar-refractivity contribution in [3.8, 4) is 6.07 Å². The molecule has 1 aliphatic carbocycles. The molecule has 1 amide bonds. The number of carbonyl (C=O) groups excluding carboxylic acids is 2. The van der Waals surface area contributed by atoms with Gasteiger partial charge in [-0.05, 0) is 49.9 Å². The lowest BCUT2D eigenvalue weighted by molar-refractivity contribution is -0.150. The number of anilines is 1. The monoisotopic (exact) mass is 417 g/mol. The standard InChI is InChI=1S/C24H23N3O4/c1-16-17(2)27(14-19-9-6-12-30-19)22(20(16)13-25)26-21(28)15-31-23(29)24(10-11-24)18-7-4-3-5-8-18/h3-9,12H,10-11,14-15H2,1-2H3,(H,26,28). The Morgan fingerprint density at radius 2 is 1.94 bits per heavy atom. The summed E-state index contributed by atoms with van der Waals surface area (Å²) >= 11 is 0. The zero-order valence-electron chi connectivity index (χ0n) is 17.5. The van der Waals surface area contributed by atoms with Gasteiger partial charge in [-0.25, -0.2) is 0 Å². The van der Waals surface area contributed by atoms with E-state index in [1.807, 2.05) is 54.8 Å². The van der Waals surface area contributed by atoms with E-state index in [0.29, 0.717) is 36.5 Å². The van der Waals surface area contributed by atoms with Gasteiger partial charge in [0.25, 0.3) is 5.91 Å². The smallest absolute Gasteiger partial charge is 0.317 e. The molecule has 2 heterocycles. The Hall–Kier alpha value is -3.79. The van der Waals surface area contributed by atoms with Crippen LogP contribution in [0.1, 0.15) is 41.0 Å². The highest BCUT2D eigenvalue weighted by atomic mass is 16.5. The fraction of sp³-hybridized carbons (Fsp3) is 0.292. The molecule has 4 rings (SSSR count). The average molecular weight is 417 g/mol. The molecule has 3 aromatic rings. The molecule has 0 spiro atoms. The molecule has 0 atom stereocenters. The van der Waals surface area contributed by atoms with Crippen LogP contribution in [0.2, 0.25) is 0 Å². The lowest BCUT2D eigenvalue weighted by Crippen LogP contribution is -2.28. The minimum atomic E-state index is -0.647. The minimum absolute atomic E-state index is 0.369. The molecule has 0 saturated heterocycles. The van der Waals surface area contributed by atoms with Crippen LogP contribution in [-0.4, -0.2) is 23.1 Å². The van der Waals surface area contributed by atoms with E-state index in [4.69, 9.17) is 9.15 Å². The third-order valence-electron chi connectivity index (χ3n) is 5.89. The van der Waals surface area contributed by atoms with E-state index >= 15 is 0 Å². The van der Waals surface area contributed by atoms with Gasteiger partial charge in [0.05, 0.1) is 23.8 Å². The second-order valence-electron chi connectivity index (χ2n) is 7.78. The maximum atomic E-state index is 12.7. The molecular weight excluding hydrogens is 394 g/mol. The Morgan fingerprint density at radius 1 is 1.19 bits per heavy atom. The lowest BCUT2D eigenvalue weighted by Gasteiger charge is -2.15. The molecule has 7 nitrogen and oxygen atoms in total. The minimum Gasteiger partial charge on any atom is -0.467 e. The van der Waals surface area contributed by atoms with Gasteiger partial charge in [0, 0.05) is 5.69 Å². The number of hydrogen-bond acceptors (Lipinski definition) is 5. The van der Waals surface area contributed by atoms with E-state index in [2.05, 4.69) is 11.4 Å². The van der Waals surface area contributed by atoms with Crippen molar-refractivity contribution in [1.82, 2.24) is 4.57 Å². The molecule has 0 bridgehead atoms. The average Bonchev–Trinajstić information content (AvgIpc) is 3.38. The number of nitrogens with one attached hydrogen (secondary N) is 1. The SMILES string of the molecule is Cc1c(C#N)c(NC(=O)COC(=O)C2(c3ccccc3)CC2)n(Cc2ccco2)c1C. The Morgan fingerprint density at radius 3 is 2.55 bits per heavy atom. The van der Waals surface area contributed by atoms with Crippen LogP contribution < -0.4 is 5.32 Å². The van der Waals surface area contributed by atoms with Gasteiger partial charge < -0.3 is 19.0 Å². The number of furan rings is 1. The highest BCUT2D eigenvalue weighted by molar-refractivity contribution is 5.95. The lowest BCUT2D eigenvalue weighted by atomic mass is 9.96. The third-order valence-corrected chi connectivity index (χ3v) is 5.89. The van der Waals surface area contributed by atoms with Crippen LogP contribution in [0.5, 0.6) is 0 Å². The van der Waals surface area contributed by atoms with E-state index in [1.54, 1.807) is 12.3 Å². The number of esters is 1.